The van der Waals surface area contributed by atoms with Crippen molar-refractivity contribution in [2.45, 2.75) is 6.54 Å². The summed E-state index contributed by atoms with van der Waals surface area (Å²) in [4.78, 5) is 8.39. The summed E-state index contributed by atoms with van der Waals surface area (Å²) < 4.78 is 10.7. The van der Waals surface area contributed by atoms with Gasteiger partial charge in [-0.2, -0.15) is 0 Å². The number of nitrogens with zero attached hydrogens (tertiary/aromatic N) is 2. The van der Waals surface area contributed by atoms with Crippen LogP contribution in [0.5, 0.6) is 11.5 Å². The monoisotopic (exact) mass is 371 g/mol. The maximum atomic E-state index is 5.41. The zero-order valence-electron chi connectivity index (χ0n) is 15.8. The predicted molar refractivity (Wildman–Crippen MR) is 112 cm³/mol. The number of aromatic nitrogens is 2. The number of methoxy groups -OCH3 is 2. The van der Waals surface area contributed by atoms with Crippen molar-refractivity contribution in [1.29, 1.82) is 0 Å². The van der Waals surface area contributed by atoms with E-state index in [2.05, 4.69) is 27.4 Å². The maximum Gasteiger partial charge on any atom is 0.161 e. The first-order chi connectivity index (χ1) is 13.8. The summed E-state index contributed by atoms with van der Waals surface area (Å²) in [7, 11) is 3.29. The lowest BCUT2D eigenvalue weighted by atomic mass is 10.0. The van der Waals surface area contributed by atoms with Gasteiger partial charge in [0.2, 0.25) is 0 Å². The highest BCUT2D eigenvalue weighted by atomic mass is 16.5. The second kappa shape index (κ2) is 7.96. The highest BCUT2D eigenvalue weighted by Crippen LogP contribution is 2.32. The molecule has 0 spiro atoms. The first kappa shape index (κ1) is 17.8. The number of pyridine rings is 2. The second-order valence-corrected chi connectivity index (χ2v) is 6.40. The summed E-state index contributed by atoms with van der Waals surface area (Å²) in [5.41, 5.74) is 4.41. The molecule has 4 aromatic rings. The molecule has 0 unspecified atom stereocenters. The van der Waals surface area contributed by atoms with Crippen LogP contribution in [0.15, 0.2) is 73.3 Å². The van der Waals surface area contributed by atoms with Crippen molar-refractivity contribution in [3.05, 3.63) is 78.9 Å². The number of hydrogen-bond acceptors (Lipinski definition) is 5. The summed E-state index contributed by atoms with van der Waals surface area (Å²) in [6.45, 7) is 0.664. The van der Waals surface area contributed by atoms with E-state index in [0.717, 1.165) is 44.6 Å². The summed E-state index contributed by atoms with van der Waals surface area (Å²) in [5.74, 6) is 1.45. The fourth-order valence-corrected chi connectivity index (χ4v) is 3.25. The van der Waals surface area contributed by atoms with Crippen LogP contribution < -0.4 is 14.8 Å². The fraction of sp³-hybridized carbons (Fsp3) is 0.130. The minimum absolute atomic E-state index is 0.664. The van der Waals surface area contributed by atoms with Gasteiger partial charge in [0.1, 0.15) is 0 Å². The van der Waals surface area contributed by atoms with Gasteiger partial charge in [0.05, 0.1) is 14.2 Å². The van der Waals surface area contributed by atoms with Crippen molar-refractivity contribution in [2.24, 2.45) is 0 Å². The van der Waals surface area contributed by atoms with Gasteiger partial charge in [0.25, 0.3) is 0 Å². The molecule has 0 saturated heterocycles. The molecule has 2 aromatic carbocycles. The van der Waals surface area contributed by atoms with Crippen LogP contribution in [0.25, 0.3) is 21.9 Å². The number of ether oxygens (including phenoxy) is 2. The van der Waals surface area contributed by atoms with Gasteiger partial charge in [0, 0.05) is 47.8 Å². The smallest absolute Gasteiger partial charge is 0.161 e. The fourth-order valence-electron chi connectivity index (χ4n) is 3.25. The van der Waals surface area contributed by atoms with Crippen molar-refractivity contribution in [1.82, 2.24) is 9.97 Å². The first-order valence-corrected chi connectivity index (χ1v) is 9.01. The Bertz CT molecular complexity index is 1100. The Kier molecular flexibility index (Phi) is 5.06. The Hall–Kier alpha value is -3.60. The number of rotatable bonds is 6. The normalized spacial score (nSPS) is 10.6. The molecule has 4 rings (SSSR count). The van der Waals surface area contributed by atoms with E-state index in [1.165, 1.54) is 0 Å². The Morgan fingerprint density at radius 2 is 1.57 bits per heavy atom. The Balaban J connectivity index is 1.68. The molecule has 0 fully saturated rings. The van der Waals surface area contributed by atoms with Crippen LogP contribution >= 0.6 is 0 Å². The molecule has 0 amide bonds. The van der Waals surface area contributed by atoms with Gasteiger partial charge in [-0.3, -0.25) is 9.97 Å². The van der Waals surface area contributed by atoms with Crippen LogP contribution in [0, 0.1) is 0 Å². The highest BCUT2D eigenvalue weighted by molar-refractivity contribution is 5.97. The molecule has 0 bridgehead atoms. The topological polar surface area (TPSA) is 56.3 Å². The van der Waals surface area contributed by atoms with E-state index in [1.54, 1.807) is 26.6 Å². The van der Waals surface area contributed by atoms with Crippen LogP contribution in [0.4, 0.5) is 5.69 Å². The van der Waals surface area contributed by atoms with E-state index in [1.807, 2.05) is 48.8 Å². The van der Waals surface area contributed by atoms with Crippen LogP contribution in [-0.2, 0) is 6.54 Å². The van der Waals surface area contributed by atoms with Crippen molar-refractivity contribution in [2.75, 3.05) is 19.5 Å². The lowest BCUT2D eigenvalue weighted by molar-refractivity contribution is 0.354. The van der Waals surface area contributed by atoms with Crippen LogP contribution in [-0.4, -0.2) is 24.2 Å². The lowest BCUT2D eigenvalue weighted by Crippen LogP contribution is -2.01. The van der Waals surface area contributed by atoms with Gasteiger partial charge in [-0.15, -0.1) is 0 Å². The Labute approximate surface area is 164 Å². The lowest BCUT2D eigenvalue weighted by Gasteiger charge is -2.14. The summed E-state index contributed by atoms with van der Waals surface area (Å²) in [5, 5.41) is 5.79. The number of nitrogens with one attached hydrogen (secondary N) is 1. The molecular weight excluding hydrogens is 350 g/mol. The van der Waals surface area contributed by atoms with Crippen LogP contribution in [0.2, 0.25) is 0 Å². The van der Waals surface area contributed by atoms with Crippen molar-refractivity contribution < 1.29 is 9.47 Å². The Morgan fingerprint density at radius 1 is 0.786 bits per heavy atom. The Morgan fingerprint density at radius 3 is 2.36 bits per heavy atom. The second-order valence-electron chi connectivity index (χ2n) is 6.40. The van der Waals surface area contributed by atoms with Gasteiger partial charge in [-0.05, 0) is 59.2 Å². The molecule has 0 radical (unpaired) electrons. The average molecular weight is 371 g/mol. The molecule has 0 atom stereocenters. The van der Waals surface area contributed by atoms with Gasteiger partial charge in [0.15, 0.2) is 11.5 Å². The van der Waals surface area contributed by atoms with E-state index in [0.29, 0.717) is 6.54 Å². The zero-order valence-corrected chi connectivity index (χ0v) is 15.8. The van der Waals surface area contributed by atoms with Gasteiger partial charge in [-0.25, -0.2) is 0 Å². The van der Waals surface area contributed by atoms with Gasteiger partial charge < -0.3 is 14.8 Å². The molecule has 5 heteroatoms. The van der Waals surface area contributed by atoms with Crippen molar-refractivity contribution in [3.63, 3.8) is 0 Å². The minimum Gasteiger partial charge on any atom is -0.493 e. The zero-order chi connectivity index (χ0) is 19.3. The average Bonchev–Trinajstić information content (AvgIpc) is 2.77. The van der Waals surface area contributed by atoms with Gasteiger partial charge in [-0.1, -0.05) is 6.07 Å². The van der Waals surface area contributed by atoms with E-state index < -0.39 is 0 Å². The van der Waals surface area contributed by atoms with E-state index in [4.69, 9.17) is 9.47 Å². The third-order valence-electron chi connectivity index (χ3n) is 4.70. The SMILES string of the molecule is COc1ccc(CNc2cc(-c3ccncc3)cc3cnccc23)cc1OC. The molecule has 2 aromatic heterocycles. The molecule has 140 valence electrons. The molecule has 28 heavy (non-hydrogen) atoms. The van der Waals surface area contributed by atoms with Crippen LogP contribution in [0.3, 0.4) is 0 Å². The number of benzene rings is 2. The summed E-state index contributed by atoms with van der Waals surface area (Å²) >= 11 is 0. The third kappa shape index (κ3) is 3.60. The quantitative estimate of drug-likeness (QED) is 0.521. The number of anilines is 1. The summed E-state index contributed by atoms with van der Waals surface area (Å²) in [6.07, 6.45) is 7.32. The molecule has 0 saturated carbocycles. The standard InChI is InChI=1S/C23H21N3O2/c1-27-22-4-3-16(11-23(22)28-2)14-26-21-13-18(17-5-8-24-9-6-17)12-19-15-25-10-7-20(19)21/h3-13,15,26H,14H2,1-2H3. The number of hydrogen-bond donors (Lipinski definition) is 1. The molecule has 0 aliphatic heterocycles. The third-order valence-corrected chi connectivity index (χ3v) is 4.70. The minimum atomic E-state index is 0.664. The van der Waals surface area contributed by atoms with E-state index in [9.17, 15) is 0 Å². The van der Waals surface area contributed by atoms with Gasteiger partial charge >= 0.3 is 0 Å². The first-order valence-electron chi connectivity index (χ1n) is 9.01. The predicted octanol–water partition coefficient (Wildman–Crippen LogP) is 4.93. The number of fused-ring (bicyclic) bond motifs is 1. The van der Waals surface area contributed by atoms with Crippen LogP contribution in [0.1, 0.15) is 5.56 Å². The summed E-state index contributed by atoms with van der Waals surface area (Å²) in [6, 6.07) is 16.3. The molecule has 0 aliphatic rings. The molecule has 2 heterocycles. The highest BCUT2D eigenvalue weighted by Gasteiger charge is 2.08. The molecule has 5 nitrogen and oxygen atoms in total. The van der Waals surface area contributed by atoms with Crippen molar-refractivity contribution in [3.8, 4) is 22.6 Å². The van der Waals surface area contributed by atoms with E-state index in [-0.39, 0.29) is 0 Å². The molecular formula is C23H21N3O2. The van der Waals surface area contributed by atoms with Crippen molar-refractivity contribution >= 4 is 16.5 Å². The maximum absolute atomic E-state index is 5.41. The molecule has 1 N–H and O–H groups in total. The largest absolute Gasteiger partial charge is 0.493 e. The van der Waals surface area contributed by atoms with E-state index >= 15 is 0 Å². The molecule has 0 aliphatic carbocycles.